The highest BCUT2D eigenvalue weighted by atomic mass is 16.7. The Morgan fingerprint density at radius 2 is 1.73 bits per heavy atom. The molecule has 0 N–H and O–H groups in total. The van der Waals surface area contributed by atoms with Gasteiger partial charge in [0.15, 0.2) is 5.78 Å². The lowest BCUT2D eigenvalue weighted by Crippen LogP contribution is -2.41. The first-order chi connectivity index (χ1) is 10.2. The first-order valence-electron chi connectivity index (χ1n) is 7.32. The zero-order chi connectivity index (χ0) is 16.1. The van der Waals surface area contributed by atoms with Gasteiger partial charge in [-0.05, 0) is 39.2 Å². The molecule has 0 spiro atoms. The van der Waals surface area contributed by atoms with Crippen molar-refractivity contribution in [2.75, 3.05) is 0 Å². The largest absolute Gasteiger partial charge is 0.494 e. The van der Waals surface area contributed by atoms with Crippen LogP contribution in [0.4, 0.5) is 0 Å². The van der Waals surface area contributed by atoms with Crippen molar-refractivity contribution in [3.8, 4) is 0 Å². The Morgan fingerprint density at radius 1 is 1.09 bits per heavy atom. The molecule has 1 aliphatic rings. The molecule has 0 unspecified atom stereocenters. The minimum Gasteiger partial charge on any atom is -0.399 e. The molecule has 1 fully saturated rings. The Bertz CT molecular complexity index is 742. The van der Waals surface area contributed by atoms with Crippen LogP contribution < -0.4 is 5.46 Å². The second kappa shape index (κ2) is 4.86. The molecule has 0 atom stereocenters. The summed E-state index contributed by atoms with van der Waals surface area (Å²) in [5.74, 6) is -0.0848. The number of carbonyl (C=O) groups excluding carboxylic acids is 1. The van der Waals surface area contributed by atoms with Gasteiger partial charge in [-0.3, -0.25) is 4.79 Å². The van der Waals surface area contributed by atoms with E-state index in [1.54, 1.807) is 0 Å². The lowest BCUT2D eigenvalue weighted by Gasteiger charge is -2.32. The smallest absolute Gasteiger partial charge is 0.399 e. The van der Waals surface area contributed by atoms with Crippen molar-refractivity contribution in [2.24, 2.45) is 0 Å². The Morgan fingerprint density at radius 3 is 2.32 bits per heavy atom. The van der Waals surface area contributed by atoms with E-state index in [0.717, 1.165) is 16.4 Å². The van der Waals surface area contributed by atoms with Crippen LogP contribution in [0.2, 0.25) is 0 Å². The standard InChI is InChI=1S/C16H19BN2O3/c1-10(20)14-12-8-11(6-7-13(12)18-9-19-14)17-21-15(2,3)16(4,5)22-17/h6-9H,1-5H3. The number of hydrogen-bond acceptors (Lipinski definition) is 5. The molecule has 1 aromatic heterocycles. The number of nitrogens with zero attached hydrogens (tertiary/aromatic N) is 2. The van der Waals surface area contributed by atoms with E-state index in [-0.39, 0.29) is 5.78 Å². The Labute approximate surface area is 130 Å². The summed E-state index contributed by atoms with van der Waals surface area (Å²) in [4.78, 5) is 20.0. The molecule has 1 aliphatic heterocycles. The molecule has 0 radical (unpaired) electrons. The first-order valence-corrected chi connectivity index (χ1v) is 7.32. The normalized spacial score (nSPS) is 19.6. The Balaban J connectivity index is 2.07. The number of rotatable bonds is 2. The maximum atomic E-state index is 11.7. The van der Waals surface area contributed by atoms with E-state index in [0.29, 0.717) is 5.69 Å². The first kappa shape index (κ1) is 15.1. The summed E-state index contributed by atoms with van der Waals surface area (Å²) < 4.78 is 12.1. The number of benzene rings is 1. The van der Waals surface area contributed by atoms with Crippen LogP contribution in [0, 0.1) is 0 Å². The van der Waals surface area contributed by atoms with E-state index in [1.165, 1.54) is 13.3 Å². The lowest BCUT2D eigenvalue weighted by molar-refractivity contribution is 0.00578. The Kier molecular flexibility index (Phi) is 3.34. The molecule has 6 heteroatoms. The summed E-state index contributed by atoms with van der Waals surface area (Å²) in [6, 6.07) is 5.67. The molecule has 114 valence electrons. The van der Waals surface area contributed by atoms with Crippen LogP contribution in [0.25, 0.3) is 10.9 Å². The number of fused-ring (bicyclic) bond motifs is 1. The van der Waals surface area contributed by atoms with E-state index < -0.39 is 18.3 Å². The SMILES string of the molecule is CC(=O)c1ncnc2ccc(B3OC(C)(C)C(C)(C)O3)cc12. The third kappa shape index (κ3) is 2.32. The van der Waals surface area contributed by atoms with E-state index >= 15 is 0 Å². The van der Waals surface area contributed by atoms with Gasteiger partial charge in [0.2, 0.25) is 0 Å². The number of ketones is 1. The molecular formula is C16H19BN2O3. The second-order valence-electron chi connectivity index (χ2n) is 6.64. The highest BCUT2D eigenvalue weighted by molar-refractivity contribution is 6.62. The van der Waals surface area contributed by atoms with Crippen LogP contribution in [0.15, 0.2) is 24.5 Å². The van der Waals surface area contributed by atoms with Gasteiger partial charge in [-0.2, -0.15) is 0 Å². The van der Waals surface area contributed by atoms with Crippen LogP contribution in [0.5, 0.6) is 0 Å². The third-order valence-electron chi connectivity index (χ3n) is 4.52. The molecule has 0 saturated carbocycles. The third-order valence-corrected chi connectivity index (χ3v) is 4.52. The predicted molar refractivity (Wildman–Crippen MR) is 85.3 cm³/mol. The van der Waals surface area contributed by atoms with E-state index in [9.17, 15) is 4.79 Å². The summed E-state index contributed by atoms with van der Waals surface area (Å²) in [6.07, 6.45) is 1.41. The number of aromatic nitrogens is 2. The zero-order valence-electron chi connectivity index (χ0n) is 13.5. The molecule has 5 nitrogen and oxygen atoms in total. The van der Waals surface area contributed by atoms with Gasteiger partial charge in [-0.25, -0.2) is 9.97 Å². The number of carbonyl (C=O) groups is 1. The van der Waals surface area contributed by atoms with Gasteiger partial charge in [0.25, 0.3) is 0 Å². The van der Waals surface area contributed by atoms with Crippen molar-refractivity contribution in [1.29, 1.82) is 0 Å². The highest BCUT2D eigenvalue weighted by Gasteiger charge is 2.51. The minimum atomic E-state index is -0.464. The fourth-order valence-corrected chi connectivity index (χ4v) is 2.48. The summed E-state index contributed by atoms with van der Waals surface area (Å²) >= 11 is 0. The molecule has 2 aromatic rings. The van der Waals surface area contributed by atoms with Crippen LogP contribution in [-0.2, 0) is 9.31 Å². The van der Waals surface area contributed by atoms with Gasteiger partial charge >= 0.3 is 7.12 Å². The summed E-state index contributed by atoms with van der Waals surface area (Å²) in [7, 11) is -0.464. The lowest BCUT2D eigenvalue weighted by atomic mass is 9.78. The van der Waals surface area contributed by atoms with Gasteiger partial charge in [0, 0.05) is 12.3 Å². The van der Waals surface area contributed by atoms with Gasteiger partial charge in [0.05, 0.1) is 16.7 Å². The van der Waals surface area contributed by atoms with Crippen LogP contribution in [0.1, 0.15) is 45.1 Å². The molecule has 22 heavy (non-hydrogen) atoms. The maximum Gasteiger partial charge on any atom is 0.494 e. The fraction of sp³-hybridized carbons (Fsp3) is 0.438. The average molecular weight is 298 g/mol. The van der Waals surface area contributed by atoms with E-state index in [4.69, 9.17) is 9.31 Å². The van der Waals surface area contributed by atoms with Crippen molar-refractivity contribution in [3.05, 3.63) is 30.2 Å². The van der Waals surface area contributed by atoms with Crippen molar-refractivity contribution in [2.45, 2.75) is 45.8 Å². The molecule has 2 heterocycles. The topological polar surface area (TPSA) is 61.3 Å². The van der Waals surface area contributed by atoms with E-state index in [2.05, 4.69) is 9.97 Å². The summed E-state index contributed by atoms with van der Waals surface area (Å²) in [5.41, 5.74) is 1.22. The molecule has 0 amide bonds. The molecule has 0 aliphatic carbocycles. The minimum absolute atomic E-state index is 0.0848. The summed E-state index contributed by atoms with van der Waals surface area (Å²) in [6.45, 7) is 9.55. The van der Waals surface area contributed by atoms with E-state index in [1.807, 2.05) is 45.9 Å². The van der Waals surface area contributed by atoms with Gasteiger partial charge in [-0.15, -0.1) is 0 Å². The number of Topliss-reactive ketones (excluding diaryl/α,β-unsaturated/α-hetero) is 1. The molecule has 0 bridgehead atoms. The monoisotopic (exact) mass is 298 g/mol. The second-order valence-corrected chi connectivity index (χ2v) is 6.64. The predicted octanol–water partition coefficient (Wildman–Crippen LogP) is 2.13. The van der Waals surface area contributed by atoms with Crippen molar-refractivity contribution >= 4 is 29.3 Å². The van der Waals surface area contributed by atoms with Crippen molar-refractivity contribution in [3.63, 3.8) is 0 Å². The highest BCUT2D eigenvalue weighted by Crippen LogP contribution is 2.36. The van der Waals surface area contributed by atoms with Crippen LogP contribution in [-0.4, -0.2) is 34.1 Å². The summed E-state index contributed by atoms with van der Waals surface area (Å²) in [5, 5.41) is 0.724. The van der Waals surface area contributed by atoms with Crippen molar-refractivity contribution in [1.82, 2.24) is 9.97 Å². The van der Waals surface area contributed by atoms with Gasteiger partial charge < -0.3 is 9.31 Å². The molecular weight excluding hydrogens is 279 g/mol. The Hall–Kier alpha value is -1.79. The fourth-order valence-electron chi connectivity index (χ4n) is 2.48. The quantitative estimate of drug-likeness (QED) is 0.628. The average Bonchev–Trinajstić information content (AvgIpc) is 2.66. The van der Waals surface area contributed by atoms with Crippen LogP contribution in [0.3, 0.4) is 0 Å². The molecule has 1 saturated heterocycles. The maximum absolute atomic E-state index is 11.7. The molecule has 3 rings (SSSR count). The number of hydrogen-bond donors (Lipinski definition) is 0. The molecule has 1 aromatic carbocycles. The van der Waals surface area contributed by atoms with Crippen molar-refractivity contribution < 1.29 is 14.1 Å². The van der Waals surface area contributed by atoms with Gasteiger partial charge in [0.1, 0.15) is 12.0 Å². The van der Waals surface area contributed by atoms with Gasteiger partial charge in [-0.1, -0.05) is 12.1 Å². The zero-order valence-corrected chi connectivity index (χ0v) is 13.5. The van der Waals surface area contributed by atoms with Crippen LogP contribution >= 0.6 is 0 Å².